The van der Waals surface area contributed by atoms with Gasteiger partial charge in [0, 0.05) is 6.07 Å². The average Bonchev–Trinajstić information content (AvgIpc) is 2.75. The summed E-state index contributed by atoms with van der Waals surface area (Å²) in [4.78, 5) is 4.25. The smallest absolute Gasteiger partial charge is 0.205 e. The number of aromatic nitrogens is 2. The van der Waals surface area contributed by atoms with E-state index >= 15 is 0 Å². The summed E-state index contributed by atoms with van der Waals surface area (Å²) in [5.74, 6) is 0.0816. The first kappa shape index (κ1) is 12.7. The van der Waals surface area contributed by atoms with Crippen molar-refractivity contribution in [1.82, 2.24) is 9.55 Å². The minimum absolute atomic E-state index is 0.302. The average molecular weight is 269 g/mol. The van der Waals surface area contributed by atoms with Crippen LogP contribution in [0.2, 0.25) is 0 Å². The van der Waals surface area contributed by atoms with Crippen LogP contribution < -0.4 is 5.73 Å². The van der Waals surface area contributed by atoms with Gasteiger partial charge in [-0.05, 0) is 30.2 Å². The lowest BCUT2D eigenvalue weighted by Crippen LogP contribution is -2.04. The third kappa shape index (κ3) is 2.03. The number of anilines is 1. The molecule has 0 aliphatic carbocycles. The van der Waals surface area contributed by atoms with Gasteiger partial charge < -0.3 is 5.73 Å². The molecule has 0 radical (unpaired) electrons. The highest BCUT2D eigenvalue weighted by Crippen LogP contribution is 2.26. The quantitative estimate of drug-likeness (QED) is 0.788. The Bertz CT molecular complexity index is 762. The molecule has 3 nitrogen and oxygen atoms in total. The van der Waals surface area contributed by atoms with Gasteiger partial charge in [-0.3, -0.25) is 4.57 Å². The molecule has 0 amide bonds. The molecule has 2 N–H and O–H groups in total. The zero-order valence-corrected chi connectivity index (χ0v) is 11.3. The fraction of sp³-hybridized carbons (Fsp3) is 0.188. The Kier molecular flexibility index (Phi) is 3.14. The van der Waals surface area contributed by atoms with Crippen molar-refractivity contribution in [3.05, 3.63) is 53.8 Å². The second-order valence-electron chi connectivity index (χ2n) is 4.82. The molecule has 2 aromatic carbocycles. The van der Waals surface area contributed by atoms with E-state index in [1.165, 1.54) is 17.7 Å². The summed E-state index contributed by atoms with van der Waals surface area (Å²) >= 11 is 0. The van der Waals surface area contributed by atoms with E-state index < -0.39 is 0 Å². The van der Waals surface area contributed by atoms with Gasteiger partial charge in [-0.1, -0.05) is 31.5 Å². The van der Waals surface area contributed by atoms with Crippen LogP contribution in [0.5, 0.6) is 0 Å². The number of hydrogen-bond donors (Lipinski definition) is 1. The van der Waals surface area contributed by atoms with E-state index in [2.05, 4.69) is 18.0 Å². The van der Waals surface area contributed by atoms with Gasteiger partial charge in [0.2, 0.25) is 5.95 Å². The van der Waals surface area contributed by atoms with Gasteiger partial charge in [-0.15, -0.1) is 0 Å². The lowest BCUT2D eigenvalue weighted by molar-refractivity contribution is 0.629. The number of benzene rings is 2. The summed E-state index contributed by atoms with van der Waals surface area (Å²) in [5, 5.41) is 0. The number of fused-ring (bicyclic) bond motifs is 1. The number of hydrogen-bond acceptors (Lipinski definition) is 2. The van der Waals surface area contributed by atoms with Crippen molar-refractivity contribution >= 4 is 17.0 Å². The third-order valence-electron chi connectivity index (χ3n) is 3.39. The highest BCUT2D eigenvalue weighted by molar-refractivity contribution is 5.81. The van der Waals surface area contributed by atoms with Crippen molar-refractivity contribution in [2.75, 3.05) is 5.73 Å². The molecule has 0 aliphatic heterocycles. The first-order valence-electron chi connectivity index (χ1n) is 6.72. The van der Waals surface area contributed by atoms with E-state index in [1.807, 2.05) is 22.8 Å². The van der Waals surface area contributed by atoms with Gasteiger partial charge in [-0.25, -0.2) is 9.37 Å². The fourth-order valence-corrected chi connectivity index (χ4v) is 2.53. The van der Waals surface area contributed by atoms with E-state index in [1.54, 1.807) is 6.07 Å². The maximum atomic E-state index is 13.3. The summed E-state index contributed by atoms with van der Waals surface area (Å²) in [5.41, 5.74) is 9.66. The van der Waals surface area contributed by atoms with Crippen LogP contribution in [0, 0.1) is 5.82 Å². The summed E-state index contributed by atoms with van der Waals surface area (Å²) in [7, 11) is 0. The van der Waals surface area contributed by atoms with Crippen molar-refractivity contribution in [2.24, 2.45) is 0 Å². The number of halogens is 1. The van der Waals surface area contributed by atoms with Crippen LogP contribution in [0.25, 0.3) is 16.7 Å². The standard InChI is InChI=1S/C16H16FN3/c1-2-5-11-6-3-4-7-14(11)20-15-9-8-12(17)10-13(15)19-16(20)18/h3-4,6-10H,2,5H2,1H3,(H2,18,19). The number of imidazole rings is 1. The molecule has 0 saturated carbocycles. The van der Waals surface area contributed by atoms with Gasteiger partial charge in [-0.2, -0.15) is 0 Å². The summed E-state index contributed by atoms with van der Waals surface area (Å²) in [6, 6.07) is 12.7. The SMILES string of the molecule is CCCc1ccccc1-n1c(N)nc2cc(F)ccc21. The third-order valence-corrected chi connectivity index (χ3v) is 3.39. The fourth-order valence-electron chi connectivity index (χ4n) is 2.53. The number of nitrogen functional groups attached to an aromatic ring is 1. The second kappa shape index (κ2) is 4.96. The minimum Gasteiger partial charge on any atom is -0.369 e. The monoisotopic (exact) mass is 269 g/mol. The van der Waals surface area contributed by atoms with Gasteiger partial charge in [0.05, 0.1) is 16.7 Å². The predicted octanol–water partition coefficient (Wildman–Crippen LogP) is 3.70. The van der Waals surface area contributed by atoms with Gasteiger partial charge in [0.15, 0.2) is 0 Å². The van der Waals surface area contributed by atoms with E-state index in [9.17, 15) is 4.39 Å². The number of para-hydroxylation sites is 1. The Balaban J connectivity index is 2.27. The maximum Gasteiger partial charge on any atom is 0.205 e. The molecule has 3 aromatic rings. The number of rotatable bonds is 3. The number of nitrogens with zero attached hydrogens (tertiary/aromatic N) is 2. The normalized spacial score (nSPS) is 11.1. The Morgan fingerprint density at radius 2 is 2.00 bits per heavy atom. The number of nitrogens with two attached hydrogens (primary N) is 1. The van der Waals surface area contributed by atoms with Crippen LogP contribution >= 0.6 is 0 Å². The van der Waals surface area contributed by atoms with E-state index in [4.69, 9.17) is 5.73 Å². The predicted molar refractivity (Wildman–Crippen MR) is 79.4 cm³/mol. The molecule has 4 heteroatoms. The van der Waals surface area contributed by atoms with Crippen LogP contribution in [-0.4, -0.2) is 9.55 Å². The first-order valence-corrected chi connectivity index (χ1v) is 6.72. The van der Waals surface area contributed by atoms with Crippen molar-refractivity contribution in [3.63, 3.8) is 0 Å². The van der Waals surface area contributed by atoms with E-state index in [0.29, 0.717) is 11.5 Å². The molecule has 0 atom stereocenters. The Hall–Kier alpha value is -2.36. The zero-order valence-electron chi connectivity index (χ0n) is 11.3. The summed E-state index contributed by atoms with van der Waals surface area (Å²) in [6.45, 7) is 2.14. The Labute approximate surface area is 116 Å². The molecular formula is C16H16FN3. The molecule has 20 heavy (non-hydrogen) atoms. The van der Waals surface area contributed by atoms with Crippen molar-refractivity contribution in [2.45, 2.75) is 19.8 Å². The largest absolute Gasteiger partial charge is 0.369 e. The Morgan fingerprint density at radius 3 is 2.80 bits per heavy atom. The van der Waals surface area contributed by atoms with Crippen LogP contribution in [0.1, 0.15) is 18.9 Å². The maximum absolute atomic E-state index is 13.3. The van der Waals surface area contributed by atoms with Crippen molar-refractivity contribution < 1.29 is 4.39 Å². The zero-order chi connectivity index (χ0) is 14.1. The molecule has 0 saturated heterocycles. The molecule has 1 heterocycles. The lowest BCUT2D eigenvalue weighted by atomic mass is 10.1. The van der Waals surface area contributed by atoms with Crippen molar-refractivity contribution in [3.8, 4) is 5.69 Å². The topological polar surface area (TPSA) is 43.8 Å². The number of aryl methyl sites for hydroxylation is 1. The summed E-state index contributed by atoms with van der Waals surface area (Å²) in [6.07, 6.45) is 2.02. The van der Waals surface area contributed by atoms with Gasteiger partial charge in [0.25, 0.3) is 0 Å². The molecule has 3 rings (SSSR count). The second-order valence-corrected chi connectivity index (χ2v) is 4.82. The lowest BCUT2D eigenvalue weighted by Gasteiger charge is -2.12. The van der Waals surface area contributed by atoms with E-state index in [0.717, 1.165) is 24.0 Å². The first-order chi connectivity index (χ1) is 9.70. The molecular weight excluding hydrogens is 253 g/mol. The molecule has 0 fully saturated rings. The minimum atomic E-state index is -0.302. The summed E-state index contributed by atoms with van der Waals surface area (Å²) < 4.78 is 15.2. The molecule has 102 valence electrons. The highest BCUT2D eigenvalue weighted by atomic mass is 19.1. The van der Waals surface area contributed by atoms with Crippen LogP contribution in [0.4, 0.5) is 10.3 Å². The van der Waals surface area contributed by atoms with Crippen molar-refractivity contribution in [1.29, 1.82) is 0 Å². The molecule has 0 aliphatic rings. The van der Waals surface area contributed by atoms with Gasteiger partial charge >= 0.3 is 0 Å². The highest BCUT2D eigenvalue weighted by Gasteiger charge is 2.13. The van der Waals surface area contributed by atoms with Gasteiger partial charge in [0.1, 0.15) is 5.82 Å². The van der Waals surface area contributed by atoms with Crippen LogP contribution in [0.3, 0.4) is 0 Å². The molecule has 0 bridgehead atoms. The molecule has 0 spiro atoms. The Morgan fingerprint density at radius 1 is 1.20 bits per heavy atom. The molecule has 1 aromatic heterocycles. The van der Waals surface area contributed by atoms with Crippen LogP contribution in [-0.2, 0) is 6.42 Å². The molecule has 0 unspecified atom stereocenters. The van der Waals surface area contributed by atoms with Crippen LogP contribution in [0.15, 0.2) is 42.5 Å². The van der Waals surface area contributed by atoms with E-state index in [-0.39, 0.29) is 5.82 Å².